The lowest BCUT2D eigenvalue weighted by Gasteiger charge is -2.27. The molecule has 0 amide bonds. The van der Waals surface area contributed by atoms with E-state index >= 15 is 0 Å². The molecule has 1 fully saturated rings. The van der Waals surface area contributed by atoms with Crippen LogP contribution in [0.4, 0.5) is 5.95 Å². The molecule has 23 heavy (non-hydrogen) atoms. The number of nitrogens with zero attached hydrogens (tertiary/aromatic N) is 3. The van der Waals surface area contributed by atoms with Gasteiger partial charge in [-0.3, -0.25) is 4.57 Å². The number of aromatic amines is 1. The van der Waals surface area contributed by atoms with Gasteiger partial charge in [0, 0.05) is 5.38 Å². The third-order valence-corrected chi connectivity index (χ3v) is 3.95. The van der Waals surface area contributed by atoms with Gasteiger partial charge in [0.15, 0.2) is 22.4 Å². The molecule has 2 aromatic heterocycles. The van der Waals surface area contributed by atoms with Crippen LogP contribution in [0, 0.1) is 15.9 Å². The molecule has 3 heterocycles. The molecule has 7 N–H and O–H groups in total. The summed E-state index contributed by atoms with van der Waals surface area (Å²) in [7, 11) is 0. The predicted molar refractivity (Wildman–Crippen MR) is 84.7 cm³/mol. The summed E-state index contributed by atoms with van der Waals surface area (Å²) in [5, 5.41) is 22.1. The molecule has 11 heteroatoms. The maximum atomic E-state index is 10.4. The minimum absolute atomic E-state index is 0.0119. The van der Waals surface area contributed by atoms with Crippen LogP contribution in [-0.2, 0) is 4.74 Å². The summed E-state index contributed by atoms with van der Waals surface area (Å²) in [4.78, 5) is 10.7. The first-order chi connectivity index (χ1) is 11.6. The summed E-state index contributed by atoms with van der Waals surface area (Å²) in [6.07, 6.45) is -3.33. The first kappa shape index (κ1) is 13.7. The number of hydrogen-bond donors (Lipinski definition) is 5. The van der Waals surface area contributed by atoms with Crippen LogP contribution in [0.25, 0.3) is 11.2 Å². The minimum atomic E-state index is -2.88. The Bertz CT molecular complexity index is 950. The lowest BCUT2D eigenvalue weighted by atomic mass is 9.92. The van der Waals surface area contributed by atoms with E-state index in [1.54, 1.807) is 0 Å². The van der Waals surface area contributed by atoms with Gasteiger partial charge in [-0.15, -0.1) is 0 Å². The number of ether oxygens (including phenoxy) is 1. The topological polar surface area (TPSA) is 148 Å². The Morgan fingerprint density at radius 2 is 2.43 bits per heavy atom. The van der Waals surface area contributed by atoms with Crippen molar-refractivity contribution in [2.45, 2.75) is 24.0 Å². The molecule has 0 saturated carbocycles. The van der Waals surface area contributed by atoms with Gasteiger partial charge >= 0.3 is 0 Å². The average molecular weight is 359 g/mol. The number of fused-ring (bicyclic) bond motifs is 1. The second-order valence-corrected chi connectivity index (χ2v) is 5.49. The lowest BCUT2D eigenvalue weighted by Crippen LogP contribution is -2.53. The van der Waals surface area contributed by atoms with E-state index < -0.39 is 30.5 Å². The Morgan fingerprint density at radius 1 is 1.70 bits per heavy atom. The van der Waals surface area contributed by atoms with Crippen LogP contribution < -0.4 is 11.5 Å². The van der Waals surface area contributed by atoms with Crippen LogP contribution in [0.1, 0.15) is 8.97 Å². The molecule has 0 aromatic carbocycles. The van der Waals surface area contributed by atoms with Gasteiger partial charge in [0.05, 0.1) is 15.6 Å². The van der Waals surface area contributed by atoms with E-state index in [4.69, 9.17) is 42.8 Å². The Hall–Kier alpha value is -1.74. The summed E-state index contributed by atoms with van der Waals surface area (Å²) in [6.45, 7) is -2.88. The first-order valence-electron chi connectivity index (χ1n) is 7.29. The number of aromatic nitrogens is 4. The second-order valence-electron chi connectivity index (χ2n) is 4.91. The fourth-order valence-electron chi connectivity index (χ4n) is 2.47. The number of anilines is 1. The number of nitrogen functional groups attached to an aromatic ring is 1. The molecule has 122 valence electrons. The third kappa shape index (κ3) is 2.38. The first-order valence-corrected chi connectivity index (χ1v) is 7.08. The monoisotopic (exact) mass is 358 g/mol. The van der Waals surface area contributed by atoms with Crippen LogP contribution in [0.5, 0.6) is 0 Å². The molecule has 4 atom stereocenters. The minimum Gasteiger partial charge on any atom is -0.394 e. The molecule has 1 saturated heterocycles. The summed E-state index contributed by atoms with van der Waals surface area (Å²) < 4.78 is 21.8. The second kappa shape index (κ2) is 5.72. The molecule has 3 rings (SSSR count). The summed E-state index contributed by atoms with van der Waals surface area (Å²) >= 11 is 10.5. The Morgan fingerprint density at radius 3 is 3.09 bits per heavy atom. The van der Waals surface area contributed by atoms with Crippen molar-refractivity contribution in [2.24, 2.45) is 5.73 Å². The lowest BCUT2D eigenvalue weighted by molar-refractivity contribution is -0.0447. The van der Waals surface area contributed by atoms with Gasteiger partial charge in [-0.1, -0.05) is 18.1 Å². The molecule has 1 aliphatic rings. The van der Waals surface area contributed by atoms with E-state index in [1.165, 1.54) is 10.9 Å². The van der Waals surface area contributed by atoms with Crippen molar-refractivity contribution in [3.63, 3.8) is 0 Å². The quantitative estimate of drug-likeness (QED) is 0.347. The number of nitrogens with one attached hydrogen (secondary N) is 1. The number of nitrogens with two attached hydrogens (primary N) is 2. The van der Waals surface area contributed by atoms with E-state index in [0.29, 0.717) is 5.52 Å². The number of aliphatic hydroxyl groups excluding tert-OH is 1. The Kier molecular flexibility index (Phi) is 3.40. The summed E-state index contributed by atoms with van der Waals surface area (Å²) in [6, 6.07) is 0. The van der Waals surface area contributed by atoms with Crippen LogP contribution in [-0.4, -0.2) is 54.0 Å². The Balaban J connectivity index is 2.21. The summed E-state index contributed by atoms with van der Waals surface area (Å²) in [5.41, 5.74) is 10.5. The molecule has 0 bridgehead atoms. The molecule has 0 aliphatic carbocycles. The summed E-state index contributed by atoms with van der Waals surface area (Å²) in [5.74, 6) is 2.42. The van der Waals surface area contributed by atoms with E-state index in [-0.39, 0.29) is 16.2 Å². The van der Waals surface area contributed by atoms with Crippen molar-refractivity contribution in [1.29, 1.82) is 0 Å². The van der Waals surface area contributed by atoms with Crippen molar-refractivity contribution < 1.29 is 17.7 Å². The van der Waals surface area contributed by atoms with Crippen LogP contribution >= 0.6 is 23.8 Å². The fourth-order valence-corrected chi connectivity index (χ4v) is 2.88. The number of rotatable bonds is 2. The number of H-pyrrole nitrogens is 1. The van der Waals surface area contributed by atoms with E-state index in [2.05, 4.69) is 26.3 Å². The average Bonchev–Trinajstić information content (AvgIpc) is 3.00. The maximum Gasteiger partial charge on any atom is 0.200 e. The predicted octanol–water partition coefficient (Wildman–Crippen LogP) is -0.781. The van der Waals surface area contributed by atoms with Gasteiger partial charge in [-0.2, -0.15) is 0 Å². The van der Waals surface area contributed by atoms with E-state index in [0.717, 1.165) is 0 Å². The zero-order valence-electron chi connectivity index (χ0n) is 13.4. The maximum absolute atomic E-state index is 10.4. The number of aliphatic hydroxyl groups is 2. The van der Waals surface area contributed by atoms with Crippen LogP contribution in [0.3, 0.4) is 0 Å². The van der Waals surface area contributed by atoms with E-state index in [9.17, 15) is 10.2 Å². The van der Waals surface area contributed by atoms with Crippen LogP contribution in [0.2, 0.25) is 0 Å². The van der Waals surface area contributed by atoms with Gasteiger partial charge in [0.25, 0.3) is 0 Å². The van der Waals surface area contributed by atoms with Gasteiger partial charge < -0.3 is 31.4 Å². The standard InChI is InChI=1S/C12H13ClN6O3S/c13-2-1-12(15)7(21)5(3-20)22-10(12)19-4-16-6-8(19)17-11(14)18-9(6)23/h4-5,7,10,20-21H,3,15H2,(H3,14,17,18,23)/t5-,7+,10-,12?/m1/s1/i3D2. The van der Waals surface area contributed by atoms with Crippen molar-refractivity contribution in [3.05, 3.63) is 11.0 Å². The van der Waals surface area contributed by atoms with Gasteiger partial charge in [0.2, 0.25) is 0 Å². The molecule has 9 nitrogen and oxygen atoms in total. The van der Waals surface area contributed by atoms with Crippen molar-refractivity contribution >= 4 is 40.9 Å². The van der Waals surface area contributed by atoms with Gasteiger partial charge in [-0.25, -0.2) is 9.97 Å². The van der Waals surface area contributed by atoms with Gasteiger partial charge in [0.1, 0.15) is 23.4 Å². The van der Waals surface area contributed by atoms with Crippen molar-refractivity contribution in [1.82, 2.24) is 19.5 Å². The molecular weight excluding hydrogens is 344 g/mol. The molecule has 2 aromatic rings. The zero-order chi connectivity index (χ0) is 18.6. The van der Waals surface area contributed by atoms with Crippen LogP contribution in [0.15, 0.2) is 6.33 Å². The highest BCUT2D eigenvalue weighted by Crippen LogP contribution is 2.37. The highest BCUT2D eigenvalue weighted by molar-refractivity contribution is 7.71. The Labute approximate surface area is 143 Å². The number of halogens is 1. The smallest absolute Gasteiger partial charge is 0.200 e. The molecular formula is C12H13ClN6O3S. The zero-order valence-corrected chi connectivity index (χ0v) is 13.0. The highest BCUT2D eigenvalue weighted by atomic mass is 35.5. The van der Waals surface area contributed by atoms with Gasteiger partial charge in [-0.05, 0) is 11.6 Å². The number of hydrogen-bond acceptors (Lipinski definition) is 8. The third-order valence-electron chi connectivity index (χ3n) is 3.57. The highest BCUT2D eigenvalue weighted by Gasteiger charge is 2.54. The number of imidazole rings is 1. The van der Waals surface area contributed by atoms with Crippen molar-refractivity contribution in [3.8, 4) is 11.3 Å². The molecule has 0 radical (unpaired) electrons. The van der Waals surface area contributed by atoms with Crippen molar-refractivity contribution in [2.75, 3.05) is 12.3 Å². The molecule has 1 unspecified atom stereocenters. The fraction of sp³-hybridized carbons (Fsp3) is 0.417. The molecule has 1 aliphatic heterocycles. The van der Waals surface area contributed by atoms with E-state index in [1.807, 2.05) is 0 Å². The largest absolute Gasteiger partial charge is 0.394 e. The normalized spacial score (nSPS) is 32.3. The SMILES string of the molecule is [2H]C([2H])(O)[C@H]1O[C@@H](n2cnc3c(=S)nc(N)[nH]c32)C(N)(C#CCl)[C@H]1O. The molecule has 0 spiro atoms.